The molecule has 2 aromatic rings. The van der Waals surface area contributed by atoms with E-state index in [2.05, 4.69) is 10.6 Å². The van der Waals surface area contributed by atoms with Gasteiger partial charge in [-0.15, -0.1) is 11.3 Å². The Labute approximate surface area is 157 Å². The summed E-state index contributed by atoms with van der Waals surface area (Å²) in [5.74, 6) is -0.291. The lowest BCUT2D eigenvalue weighted by atomic mass is 10.1. The maximum atomic E-state index is 12.3. The number of aryl methyl sites for hydroxylation is 2. The third-order valence-corrected chi connectivity index (χ3v) is 5.73. The molecular formula is C19H22N2O2S2. The molecule has 3 rings (SSSR count). The van der Waals surface area contributed by atoms with Crippen LogP contribution in [0.1, 0.15) is 45.6 Å². The summed E-state index contributed by atoms with van der Waals surface area (Å²) in [6.07, 6.45) is 5.43. The fourth-order valence-corrected chi connectivity index (χ4v) is 4.70. The van der Waals surface area contributed by atoms with Gasteiger partial charge in [0.2, 0.25) is 0 Å². The molecule has 1 aliphatic carbocycles. The van der Waals surface area contributed by atoms with Crippen LogP contribution in [0, 0.1) is 6.92 Å². The third kappa shape index (κ3) is 4.19. The summed E-state index contributed by atoms with van der Waals surface area (Å²) in [5.41, 5.74) is 3.87. The molecule has 0 amide bonds. The smallest absolute Gasteiger partial charge is 0.341 e. The van der Waals surface area contributed by atoms with Crippen LogP contribution in [0.3, 0.4) is 0 Å². The van der Waals surface area contributed by atoms with E-state index in [0.29, 0.717) is 10.7 Å². The summed E-state index contributed by atoms with van der Waals surface area (Å²) in [4.78, 5) is 13.6. The lowest BCUT2D eigenvalue weighted by Crippen LogP contribution is -2.20. The number of nitrogens with one attached hydrogen (secondary N) is 2. The molecule has 4 nitrogen and oxygen atoms in total. The van der Waals surface area contributed by atoms with E-state index in [9.17, 15) is 4.79 Å². The van der Waals surface area contributed by atoms with Crippen LogP contribution in [0.15, 0.2) is 24.3 Å². The van der Waals surface area contributed by atoms with Gasteiger partial charge >= 0.3 is 5.97 Å². The van der Waals surface area contributed by atoms with Gasteiger partial charge in [-0.1, -0.05) is 18.6 Å². The summed E-state index contributed by atoms with van der Waals surface area (Å²) in [6, 6.07) is 8.01. The Morgan fingerprint density at radius 2 is 2.00 bits per heavy atom. The monoisotopic (exact) mass is 374 g/mol. The average molecular weight is 375 g/mol. The van der Waals surface area contributed by atoms with Gasteiger partial charge in [-0.3, -0.25) is 0 Å². The van der Waals surface area contributed by atoms with E-state index >= 15 is 0 Å². The lowest BCUT2D eigenvalue weighted by Gasteiger charge is -2.11. The second kappa shape index (κ2) is 7.97. The van der Waals surface area contributed by atoms with E-state index in [0.717, 1.165) is 41.1 Å². The molecule has 0 saturated carbocycles. The molecule has 0 aliphatic heterocycles. The van der Waals surface area contributed by atoms with E-state index in [1.54, 1.807) is 11.3 Å². The molecule has 1 aromatic heterocycles. The van der Waals surface area contributed by atoms with E-state index in [-0.39, 0.29) is 5.97 Å². The predicted molar refractivity (Wildman–Crippen MR) is 108 cm³/mol. The van der Waals surface area contributed by atoms with Gasteiger partial charge in [0.1, 0.15) is 5.00 Å². The molecule has 0 bridgehead atoms. The largest absolute Gasteiger partial charge is 0.465 e. The van der Waals surface area contributed by atoms with Gasteiger partial charge in [0, 0.05) is 10.6 Å². The highest BCUT2D eigenvalue weighted by molar-refractivity contribution is 7.80. The third-order valence-electron chi connectivity index (χ3n) is 4.31. The van der Waals surface area contributed by atoms with Gasteiger partial charge in [0.05, 0.1) is 12.7 Å². The second-order valence-electron chi connectivity index (χ2n) is 6.21. The van der Waals surface area contributed by atoms with E-state index in [1.807, 2.05) is 31.2 Å². The van der Waals surface area contributed by atoms with Crippen LogP contribution in [-0.2, 0) is 17.6 Å². The molecule has 132 valence electrons. The van der Waals surface area contributed by atoms with Crippen molar-refractivity contribution in [3.63, 3.8) is 0 Å². The summed E-state index contributed by atoms with van der Waals surface area (Å²) < 4.78 is 5.02. The number of anilines is 2. The van der Waals surface area contributed by atoms with Crippen molar-refractivity contribution in [2.24, 2.45) is 0 Å². The van der Waals surface area contributed by atoms with Gasteiger partial charge in [-0.05, 0) is 68.1 Å². The van der Waals surface area contributed by atoms with Crippen molar-refractivity contribution in [1.82, 2.24) is 0 Å². The van der Waals surface area contributed by atoms with Crippen LogP contribution in [0.25, 0.3) is 0 Å². The van der Waals surface area contributed by atoms with Crippen LogP contribution < -0.4 is 10.6 Å². The van der Waals surface area contributed by atoms with Crippen LogP contribution in [0.5, 0.6) is 0 Å². The van der Waals surface area contributed by atoms with E-state index < -0.39 is 0 Å². The van der Waals surface area contributed by atoms with E-state index in [4.69, 9.17) is 17.0 Å². The average Bonchev–Trinajstić information content (AvgIpc) is 2.75. The zero-order valence-corrected chi connectivity index (χ0v) is 16.1. The number of fused-ring (bicyclic) bond motifs is 1. The number of benzene rings is 1. The predicted octanol–water partition coefficient (Wildman–Crippen LogP) is 4.92. The maximum absolute atomic E-state index is 12.3. The molecule has 1 heterocycles. The van der Waals surface area contributed by atoms with Gasteiger partial charge in [-0.25, -0.2) is 4.79 Å². The van der Waals surface area contributed by atoms with Crippen molar-refractivity contribution in [2.45, 2.75) is 39.0 Å². The zero-order valence-electron chi connectivity index (χ0n) is 14.5. The summed E-state index contributed by atoms with van der Waals surface area (Å²) >= 11 is 7.07. The molecule has 6 heteroatoms. The Bertz CT molecular complexity index is 799. The Morgan fingerprint density at radius 3 is 2.76 bits per heavy atom. The normalized spacial score (nSPS) is 13.5. The van der Waals surface area contributed by atoms with Gasteiger partial charge in [0.15, 0.2) is 5.11 Å². The number of esters is 1. The molecule has 0 radical (unpaired) electrons. The van der Waals surface area contributed by atoms with Crippen LogP contribution in [0.4, 0.5) is 10.7 Å². The molecule has 0 atom stereocenters. The highest BCUT2D eigenvalue weighted by Gasteiger charge is 2.25. The minimum Gasteiger partial charge on any atom is -0.465 e. The van der Waals surface area contributed by atoms with Crippen molar-refractivity contribution < 1.29 is 9.53 Å². The Balaban J connectivity index is 1.83. The van der Waals surface area contributed by atoms with Crippen LogP contribution in [-0.4, -0.2) is 18.2 Å². The van der Waals surface area contributed by atoms with Crippen LogP contribution in [0.2, 0.25) is 0 Å². The van der Waals surface area contributed by atoms with Crippen molar-refractivity contribution in [2.75, 3.05) is 17.7 Å². The summed E-state index contributed by atoms with van der Waals surface area (Å²) in [6.45, 7) is 2.04. The fourth-order valence-electron chi connectivity index (χ4n) is 3.14. The maximum Gasteiger partial charge on any atom is 0.341 e. The highest BCUT2D eigenvalue weighted by atomic mass is 32.1. The first kappa shape index (κ1) is 17.9. The second-order valence-corrected chi connectivity index (χ2v) is 7.72. The molecular weight excluding hydrogens is 352 g/mol. The number of thiophene rings is 1. The Hall–Kier alpha value is -1.92. The molecule has 2 N–H and O–H groups in total. The van der Waals surface area contributed by atoms with Crippen molar-refractivity contribution in [1.29, 1.82) is 0 Å². The number of ether oxygens (including phenoxy) is 1. The number of methoxy groups -OCH3 is 1. The number of carbonyl (C=O) groups excluding carboxylic acids is 1. The lowest BCUT2D eigenvalue weighted by molar-refractivity contribution is 0.0601. The van der Waals surface area contributed by atoms with Gasteiger partial charge < -0.3 is 15.4 Å². The quantitative estimate of drug-likeness (QED) is 0.454. The highest BCUT2D eigenvalue weighted by Crippen LogP contribution is 2.38. The Kier molecular flexibility index (Phi) is 5.71. The minimum absolute atomic E-state index is 0.291. The Morgan fingerprint density at radius 1 is 1.20 bits per heavy atom. The first-order chi connectivity index (χ1) is 12.1. The van der Waals surface area contributed by atoms with Crippen LogP contribution >= 0.6 is 23.6 Å². The topological polar surface area (TPSA) is 50.4 Å². The number of hydrogen-bond acceptors (Lipinski definition) is 4. The van der Waals surface area contributed by atoms with Gasteiger partial charge in [-0.2, -0.15) is 0 Å². The zero-order chi connectivity index (χ0) is 17.8. The first-order valence-corrected chi connectivity index (χ1v) is 9.68. The molecule has 0 fully saturated rings. The number of rotatable bonds is 3. The SMILES string of the molecule is COC(=O)c1c(NC(=S)Nc2cccc(C)c2)sc2c1CCCCC2. The molecule has 0 spiro atoms. The minimum atomic E-state index is -0.291. The standard InChI is InChI=1S/C19H22N2O2S2/c1-12-7-6-8-13(11-12)20-19(24)21-17-16(18(22)23-2)14-9-4-3-5-10-15(14)25-17/h6-8,11H,3-5,9-10H2,1-2H3,(H2,20,21,24). The van der Waals surface area contributed by atoms with E-state index in [1.165, 1.54) is 24.8 Å². The summed E-state index contributed by atoms with van der Waals surface area (Å²) in [5, 5.41) is 7.65. The number of carbonyl (C=O) groups is 1. The number of thiocarbonyl (C=S) groups is 1. The van der Waals surface area contributed by atoms with Crippen molar-refractivity contribution in [3.05, 3.63) is 45.8 Å². The molecule has 1 aromatic carbocycles. The molecule has 1 aliphatic rings. The molecule has 25 heavy (non-hydrogen) atoms. The van der Waals surface area contributed by atoms with Crippen molar-refractivity contribution in [3.8, 4) is 0 Å². The summed E-state index contributed by atoms with van der Waals surface area (Å²) in [7, 11) is 1.43. The van der Waals surface area contributed by atoms with Gasteiger partial charge in [0.25, 0.3) is 0 Å². The molecule has 0 saturated heterocycles. The molecule has 0 unspecified atom stereocenters. The van der Waals surface area contributed by atoms with Crippen molar-refractivity contribution >= 4 is 45.3 Å². The number of hydrogen-bond donors (Lipinski definition) is 2. The fraction of sp³-hybridized carbons (Fsp3) is 0.368. The first-order valence-electron chi connectivity index (χ1n) is 8.46.